The van der Waals surface area contributed by atoms with Crippen molar-refractivity contribution in [3.63, 3.8) is 0 Å². The average Bonchev–Trinajstić information content (AvgIpc) is 3.50. The minimum Gasteiger partial charge on any atom is -0.381 e. The van der Waals surface area contributed by atoms with Gasteiger partial charge >= 0.3 is 0 Å². The number of thiophene rings is 1. The number of anilines is 3. The summed E-state index contributed by atoms with van der Waals surface area (Å²) in [4.78, 5) is 50.8. The second-order valence-corrected chi connectivity index (χ2v) is 14.8. The van der Waals surface area contributed by atoms with Gasteiger partial charge in [0.1, 0.15) is 11.6 Å². The highest BCUT2D eigenvalue weighted by molar-refractivity contribution is 7.17. The maximum atomic E-state index is 14.5. The summed E-state index contributed by atoms with van der Waals surface area (Å²) in [5.74, 6) is -0.216. The number of nitrogens with one attached hydrogen (secondary N) is 1. The largest absolute Gasteiger partial charge is 0.381 e. The third-order valence-corrected chi connectivity index (χ3v) is 11.6. The van der Waals surface area contributed by atoms with Crippen molar-refractivity contribution in [2.75, 3.05) is 48.0 Å². The zero-order valence-electron chi connectivity index (χ0n) is 28.3. The molecular weight excluding hydrogens is 664 g/mol. The zero-order chi connectivity index (χ0) is 35.1. The number of pyridine rings is 1. The summed E-state index contributed by atoms with van der Waals surface area (Å²) in [7, 11) is 0. The molecule has 0 radical (unpaired) electrons. The fraction of sp³-hybridized carbons (Fsp3) is 0.268. The Morgan fingerprint density at radius 1 is 0.961 bits per heavy atom. The van der Waals surface area contributed by atoms with Crippen LogP contribution >= 0.6 is 11.3 Å². The van der Waals surface area contributed by atoms with Crippen molar-refractivity contribution in [1.29, 1.82) is 0 Å². The highest BCUT2D eigenvalue weighted by atomic mass is 32.1. The smallest absolute Gasteiger partial charge is 0.259 e. The first-order valence-corrected chi connectivity index (χ1v) is 18.1. The molecule has 5 heterocycles. The van der Waals surface area contributed by atoms with Crippen LogP contribution in [0.5, 0.6) is 0 Å². The van der Waals surface area contributed by atoms with E-state index in [1.54, 1.807) is 53.6 Å². The maximum Gasteiger partial charge on any atom is 0.259 e. The fourth-order valence-electron chi connectivity index (χ4n) is 7.49. The van der Waals surface area contributed by atoms with Crippen molar-refractivity contribution >= 4 is 46.1 Å². The molecule has 8 rings (SSSR count). The van der Waals surface area contributed by atoms with E-state index in [4.69, 9.17) is 4.74 Å². The van der Waals surface area contributed by atoms with E-state index in [2.05, 4.69) is 15.2 Å². The van der Waals surface area contributed by atoms with E-state index in [-0.39, 0.29) is 35.3 Å². The van der Waals surface area contributed by atoms with Gasteiger partial charge in [-0.15, -0.1) is 11.3 Å². The van der Waals surface area contributed by atoms with E-state index in [1.807, 2.05) is 43.3 Å². The van der Waals surface area contributed by atoms with Gasteiger partial charge in [-0.25, -0.2) is 9.37 Å². The number of halogens is 1. The Kier molecular flexibility index (Phi) is 8.73. The number of fused-ring (bicyclic) bond motifs is 3. The molecule has 0 bridgehead atoms. The summed E-state index contributed by atoms with van der Waals surface area (Å²) in [6, 6.07) is 25.0. The lowest BCUT2D eigenvalue weighted by Crippen LogP contribution is -2.59. The molecule has 3 aromatic carbocycles. The first-order chi connectivity index (χ1) is 24.8. The van der Waals surface area contributed by atoms with E-state index >= 15 is 0 Å². The number of aryl methyl sites for hydroxylation is 1. The lowest BCUT2D eigenvalue weighted by Gasteiger charge is -2.53. The molecule has 2 saturated heterocycles. The molecule has 0 saturated carbocycles. The highest BCUT2D eigenvalue weighted by Gasteiger charge is 2.45. The molecule has 0 unspecified atom stereocenters. The summed E-state index contributed by atoms with van der Waals surface area (Å²) in [5, 5.41) is 2.99. The number of ketones is 1. The topological polar surface area (TPSA) is 91.8 Å². The van der Waals surface area contributed by atoms with Crippen molar-refractivity contribution in [3.05, 3.63) is 130 Å². The second-order valence-electron chi connectivity index (χ2n) is 13.7. The third-order valence-electron chi connectivity index (χ3n) is 10.4. The number of para-hydroxylation sites is 1. The quantitative estimate of drug-likeness (QED) is 0.175. The summed E-state index contributed by atoms with van der Waals surface area (Å²) >= 11 is 1.40. The van der Waals surface area contributed by atoms with Crippen LogP contribution in [0.4, 0.5) is 21.6 Å². The van der Waals surface area contributed by atoms with Gasteiger partial charge in [-0.3, -0.25) is 14.4 Å². The summed E-state index contributed by atoms with van der Waals surface area (Å²) in [6.07, 6.45) is 4.34. The molecular formula is C41H37FN4O4S. The average molecular weight is 701 g/mol. The predicted molar refractivity (Wildman–Crippen MR) is 198 cm³/mol. The predicted octanol–water partition coefficient (Wildman–Crippen LogP) is 7.76. The lowest BCUT2D eigenvalue weighted by molar-refractivity contribution is -0.000510. The molecule has 1 spiro atoms. The normalized spacial score (nSPS) is 16.1. The van der Waals surface area contributed by atoms with Gasteiger partial charge in [-0.1, -0.05) is 30.3 Å². The van der Waals surface area contributed by atoms with Gasteiger partial charge in [0, 0.05) is 72.6 Å². The number of carbonyl (C=O) groups excluding carboxylic acids is 3. The maximum absolute atomic E-state index is 14.5. The molecule has 2 aromatic heterocycles. The monoisotopic (exact) mass is 700 g/mol. The number of nitrogens with zero attached hydrogens (tertiary/aromatic N) is 3. The van der Waals surface area contributed by atoms with E-state index in [0.717, 1.165) is 66.4 Å². The number of rotatable bonds is 7. The molecule has 0 atom stereocenters. The fourth-order valence-corrected chi connectivity index (χ4v) is 8.67. The van der Waals surface area contributed by atoms with Gasteiger partial charge in [-0.2, -0.15) is 0 Å². The van der Waals surface area contributed by atoms with Crippen LogP contribution in [-0.4, -0.2) is 55.4 Å². The van der Waals surface area contributed by atoms with Crippen LogP contribution in [-0.2, 0) is 17.6 Å². The molecule has 3 aliphatic rings. The van der Waals surface area contributed by atoms with Crippen molar-refractivity contribution in [2.24, 2.45) is 5.41 Å². The van der Waals surface area contributed by atoms with Crippen molar-refractivity contribution in [1.82, 2.24) is 4.98 Å². The SMILES string of the molecule is Cc1cccc(F)c1CC(=O)c1cc2c(s1)-c1ccccc1N(C(=O)c1ccc(NC(=O)c3cccnc3N3CC4(CCOCC4)C3)cc1)CC2. The van der Waals surface area contributed by atoms with Crippen LogP contribution in [0.1, 0.15) is 59.9 Å². The number of benzene rings is 3. The van der Waals surface area contributed by atoms with Crippen molar-refractivity contribution in [2.45, 2.75) is 32.6 Å². The third kappa shape index (κ3) is 6.34. The van der Waals surface area contributed by atoms with Crippen LogP contribution in [0.25, 0.3) is 10.4 Å². The molecule has 0 aliphatic carbocycles. The Bertz CT molecular complexity index is 2130. The van der Waals surface area contributed by atoms with Gasteiger partial charge in [0.05, 0.1) is 16.1 Å². The van der Waals surface area contributed by atoms with E-state index in [1.165, 1.54) is 17.4 Å². The van der Waals surface area contributed by atoms with Crippen LogP contribution in [0.2, 0.25) is 0 Å². The molecule has 3 aliphatic heterocycles. The Hall–Kier alpha value is -5.19. The summed E-state index contributed by atoms with van der Waals surface area (Å²) in [6.45, 7) is 5.54. The molecule has 2 fully saturated rings. The standard InChI is InChI=1S/C41H37FN4O4S/c1-26-6-4-9-33(42)32(26)23-35(47)36-22-28-15-19-46(34-10-3-2-7-30(34)37(28)51-36)40(49)27-11-13-29(14-12-27)44-39(48)31-8-5-18-43-38(31)45-24-41(25-45)16-20-50-21-17-41/h2-14,18,22H,15-17,19-21,23-25H2,1H3,(H,44,48). The number of aromatic nitrogens is 1. The van der Waals surface area contributed by atoms with Crippen LogP contribution < -0.4 is 15.1 Å². The Balaban J connectivity index is 0.968. The number of hydrogen-bond acceptors (Lipinski definition) is 7. The van der Waals surface area contributed by atoms with Gasteiger partial charge in [0.25, 0.3) is 11.8 Å². The first-order valence-electron chi connectivity index (χ1n) is 17.3. The number of amides is 2. The summed E-state index contributed by atoms with van der Waals surface area (Å²) < 4.78 is 20.1. The van der Waals surface area contributed by atoms with Gasteiger partial charge in [-0.05, 0) is 97.5 Å². The minimum absolute atomic E-state index is 0.000723. The first kappa shape index (κ1) is 33.0. The Morgan fingerprint density at radius 3 is 2.53 bits per heavy atom. The highest BCUT2D eigenvalue weighted by Crippen LogP contribution is 2.43. The van der Waals surface area contributed by atoms with Gasteiger partial charge in [0.15, 0.2) is 5.78 Å². The summed E-state index contributed by atoms with van der Waals surface area (Å²) in [5.41, 5.74) is 5.65. The van der Waals surface area contributed by atoms with Crippen molar-refractivity contribution < 1.29 is 23.5 Å². The Morgan fingerprint density at radius 2 is 1.75 bits per heavy atom. The molecule has 5 aromatic rings. The van der Waals surface area contributed by atoms with E-state index in [0.29, 0.717) is 46.0 Å². The minimum atomic E-state index is -0.371. The Labute approximate surface area is 299 Å². The molecule has 51 heavy (non-hydrogen) atoms. The molecule has 2 amide bonds. The number of hydrogen-bond donors (Lipinski definition) is 1. The second kappa shape index (κ2) is 13.5. The van der Waals surface area contributed by atoms with Crippen LogP contribution in [0.15, 0.2) is 91.1 Å². The zero-order valence-corrected chi connectivity index (χ0v) is 29.1. The molecule has 258 valence electrons. The van der Waals surface area contributed by atoms with Crippen LogP contribution in [0, 0.1) is 18.2 Å². The molecule has 10 heteroatoms. The molecule has 1 N–H and O–H groups in total. The number of Topliss-reactive ketones (excluding diaryl/α,β-unsaturated/α-hetero) is 1. The molecule has 8 nitrogen and oxygen atoms in total. The van der Waals surface area contributed by atoms with E-state index in [9.17, 15) is 18.8 Å². The van der Waals surface area contributed by atoms with Gasteiger partial charge < -0.3 is 19.9 Å². The lowest BCUT2D eigenvalue weighted by atomic mass is 9.73. The van der Waals surface area contributed by atoms with Crippen LogP contribution in [0.3, 0.4) is 0 Å². The number of ether oxygens (including phenoxy) is 1. The van der Waals surface area contributed by atoms with E-state index < -0.39 is 0 Å². The number of carbonyl (C=O) groups is 3. The van der Waals surface area contributed by atoms with Gasteiger partial charge in [0.2, 0.25) is 0 Å². The van der Waals surface area contributed by atoms with Crippen molar-refractivity contribution in [3.8, 4) is 10.4 Å².